The molecular formula is C9H19BrO2. The Morgan fingerprint density at radius 1 is 1.42 bits per heavy atom. The lowest BCUT2D eigenvalue weighted by atomic mass is 9.93. The third-order valence-electron chi connectivity index (χ3n) is 1.48. The van der Waals surface area contributed by atoms with Crippen molar-refractivity contribution in [3.05, 3.63) is 0 Å². The van der Waals surface area contributed by atoms with Gasteiger partial charge >= 0.3 is 0 Å². The molecule has 74 valence electrons. The summed E-state index contributed by atoms with van der Waals surface area (Å²) in [6.45, 7) is 7.70. The van der Waals surface area contributed by atoms with Crippen molar-refractivity contribution in [2.45, 2.75) is 33.3 Å². The van der Waals surface area contributed by atoms with Crippen molar-refractivity contribution in [2.24, 2.45) is 5.41 Å². The number of rotatable bonds is 5. The van der Waals surface area contributed by atoms with E-state index in [2.05, 4.69) is 36.7 Å². The molecule has 0 aromatic carbocycles. The Kier molecular flexibility index (Phi) is 6.14. The minimum Gasteiger partial charge on any atom is -0.390 e. The van der Waals surface area contributed by atoms with Gasteiger partial charge in [-0.25, -0.2) is 0 Å². The monoisotopic (exact) mass is 238 g/mol. The molecule has 0 aliphatic carbocycles. The maximum atomic E-state index is 9.12. The molecule has 0 aromatic rings. The summed E-state index contributed by atoms with van der Waals surface area (Å²) in [6, 6.07) is 0. The van der Waals surface area contributed by atoms with Crippen molar-refractivity contribution in [2.75, 3.05) is 18.5 Å². The Balaban J connectivity index is 3.22. The molecule has 2 nitrogen and oxygen atoms in total. The highest BCUT2D eigenvalue weighted by Crippen LogP contribution is 2.17. The van der Waals surface area contributed by atoms with Crippen LogP contribution < -0.4 is 0 Å². The molecule has 0 aliphatic rings. The molecule has 0 aromatic heterocycles. The average molecular weight is 239 g/mol. The second-order valence-electron chi connectivity index (χ2n) is 4.19. The molecule has 0 fully saturated rings. The smallest absolute Gasteiger partial charge is 0.0870 e. The molecule has 0 saturated heterocycles. The van der Waals surface area contributed by atoms with Crippen molar-refractivity contribution in [1.29, 1.82) is 0 Å². The van der Waals surface area contributed by atoms with E-state index in [0.29, 0.717) is 17.4 Å². The fourth-order valence-electron chi connectivity index (χ4n) is 0.642. The molecule has 1 atom stereocenters. The average Bonchev–Trinajstić information content (AvgIpc) is 1.96. The van der Waals surface area contributed by atoms with Gasteiger partial charge in [0.25, 0.3) is 0 Å². The molecule has 0 bridgehead atoms. The van der Waals surface area contributed by atoms with Gasteiger partial charge in [-0.1, -0.05) is 36.7 Å². The second kappa shape index (κ2) is 5.95. The molecule has 1 unspecified atom stereocenters. The molecular weight excluding hydrogens is 220 g/mol. The van der Waals surface area contributed by atoms with Gasteiger partial charge in [-0.3, -0.25) is 0 Å². The normalized spacial score (nSPS) is 14.8. The van der Waals surface area contributed by atoms with Gasteiger partial charge in [0.1, 0.15) is 0 Å². The van der Waals surface area contributed by atoms with Crippen LogP contribution in [-0.2, 0) is 4.74 Å². The van der Waals surface area contributed by atoms with Crippen molar-refractivity contribution < 1.29 is 9.84 Å². The Morgan fingerprint density at radius 2 is 2.00 bits per heavy atom. The number of alkyl halides is 1. The van der Waals surface area contributed by atoms with Crippen LogP contribution in [0.15, 0.2) is 0 Å². The molecule has 0 saturated carbocycles. The summed E-state index contributed by atoms with van der Waals surface area (Å²) in [5.74, 6) is 0. The number of hydrogen-bond acceptors (Lipinski definition) is 2. The molecule has 0 heterocycles. The minimum atomic E-state index is -0.370. The van der Waals surface area contributed by atoms with Gasteiger partial charge in [-0.2, -0.15) is 0 Å². The van der Waals surface area contributed by atoms with Crippen LogP contribution in [-0.4, -0.2) is 29.8 Å². The molecule has 3 heteroatoms. The van der Waals surface area contributed by atoms with Crippen molar-refractivity contribution in [3.8, 4) is 0 Å². The predicted molar refractivity (Wildman–Crippen MR) is 54.7 cm³/mol. The minimum absolute atomic E-state index is 0.319. The van der Waals surface area contributed by atoms with E-state index in [-0.39, 0.29) is 6.10 Å². The van der Waals surface area contributed by atoms with Gasteiger partial charge in [0.15, 0.2) is 0 Å². The number of ether oxygens (including phenoxy) is 1. The van der Waals surface area contributed by atoms with E-state index >= 15 is 0 Å². The van der Waals surface area contributed by atoms with Crippen molar-refractivity contribution in [3.63, 3.8) is 0 Å². The summed E-state index contributed by atoms with van der Waals surface area (Å²) >= 11 is 3.18. The zero-order chi connectivity index (χ0) is 9.61. The Hall–Kier alpha value is 0.400. The van der Waals surface area contributed by atoms with Crippen LogP contribution in [0.1, 0.15) is 27.2 Å². The molecule has 0 radical (unpaired) electrons. The van der Waals surface area contributed by atoms with E-state index in [1.807, 2.05) is 0 Å². The van der Waals surface area contributed by atoms with E-state index in [1.165, 1.54) is 0 Å². The largest absolute Gasteiger partial charge is 0.390 e. The molecule has 12 heavy (non-hydrogen) atoms. The highest BCUT2D eigenvalue weighted by molar-refractivity contribution is 9.09. The standard InChI is InChI=1S/C9H19BrO2/c1-9(2,3)4-5-12-7-8(11)6-10/h8,11H,4-7H2,1-3H3. The molecule has 1 N–H and O–H groups in total. The molecule has 0 aliphatic heterocycles. The Bertz CT molecular complexity index is 110. The summed E-state index contributed by atoms with van der Waals surface area (Å²) < 4.78 is 5.28. The maximum Gasteiger partial charge on any atom is 0.0870 e. The Labute approximate surface area is 83.4 Å². The van der Waals surface area contributed by atoms with E-state index in [0.717, 1.165) is 13.0 Å². The lowest BCUT2D eigenvalue weighted by molar-refractivity contribution is 0.0381. The first-order valence-corrected chi connectivity index (χ1v) is 5.39. The van der Waals surface area contributed by atoms with Crippen molar-refractivity contribution in [1.82, 2.24) is 0 Å². The predicted octanol–water partition coefficient (Wildman–Crippen LogP) is 2.20. The second-order valence-corrected chi connectivity index (χ2v) is 4.84. The highest BCUT2D eigenvalue weighted by atomic mass is 79.9. The van der Waals surface area contributed by atoms with Gasteiger partial charge in [0, 0.05) is 11.9 Å². The molecule has 0 amide bonds. The summed E-state index contributed by atoms with van der Waals surface area (Å²) in [5.41, 5.74) is 0.319. The van der Waals surface area contributed by atoms with E-state index in [1.54, 1.807) is 0 Å². The van der Waals surface area contributed by atoms with Crippen LogP contribution in [0.3, 0.4) is 0 Å². The Morgan fingerprint density at radius 3 is 2.42 bits per heavy atom. The van der Waals surface area contributed by atoms with Gasteiger partial charge in [0.05, 0.1) is 12.7 Å². The maximum absolute atomic E-state index is 9.12. The van der Waals surface area contributed by atoms with Crippen molar-refractivity contribution >= 4 is 15.9 Å². The van der Waals surface area contributed by atoms with E-state index in [4.69, 9.17) is 9.84 Å². The van der Waals surface area contributed by atoms with Crippen LogP contribution in [0.2, 0.25) is 0 Å². The van der Waals surface area contributed by atoms with Crippen LogP contribution in [0, 0.1) is 5.41 Å². The van der Waals surface area contributed by atoms with E-state index in [9.17, 15) is 0 Å². The van der Waals surface area contributed by atoms with Gasteiger partial charge in [-0.05, 0) is 11.8 Å². The zero-order valence-electron chi connectivity index (χ0n) is 8.14. The first-order chi connectivity index (χ1) is 5.45. The topological polar surface area (TPSA) is 29.5 Å². The first-order valence-electron chi connectivity index (χ1n) is 4.27. The SMILES string of the molecule is CC(C)(C)CCOCC(O)CBr. The summed E-state index contributed by atoms with van der Waals surface area (Å²) in [4.78, 5) is 0. The first kappa shape index (κ1) is 12.4. The van der Waals surface area contributed by atoms with Crippen LogP contribution in [0.5, 0.6) is 0 Å². The number of aliphatic hydroxyl groups excluding tert-OH is 1. The molecule has 0 spiro atoms. The highest BCUT2D eigenvalue weighted by Gasteiger charge is 2.09. The number of aliphatic hydroxyl groups is 1. The van der Waals surface area contributed by atoms with Crippen LogP contribution >= 0.6 is 15.9 Å². The quantitative estimate of drug-likeness (QED) is 0.588. The van der Waals surface area contributed by atoms with Crippen LogP contribution in [0.25, 0.3) is 0 Å². The summed E-state index contributed by atoms with van der Waals surface area (Å²) in [6.07, 6.45) is 0.659. The lowest BCUT2D eigenvalue weighted by Gasteiger charge is -2.18. The van der Waals surface area contributed by atoms with Gasteiger partial charge < -0.3 is 9.84 Å². The van der Waals surface area contributed by atoms with E-state index < -0.39 is 0 Å². The molecule has 0 rings (SSSR count). The third kappa shape index (κ3) is 8.50. The zero-order valence-corrected chi connectivity index (χ0v) is 9.73. The van der Waals surface area contributed by atoms with Crippen LogP contribution in [0.4, 0.5) is 0 Å². The number of hydrogen-bond donors (Lipinski definition) is 1. The fraction of sp³-hybridized carbons (Fsp3) is 1.00. The van der Waals surface area contributed by atoms with Gasteiger partial charge in [0.2, 0.25) is 0 Å². The van der Waals surface area contributed by atoms with Gasteiger partial charge in [-0.15, -0.1) is 0 Å². The summed E-state index contributed by atoms with van der Waals surface area (Å²) in [7, 11) is 0. The lowest BCUT2D eigenvalue weighted by Crippen LogP contribution is -2.18. The third-order valence-corrected chi connectivity index (χ3v) is 2.23. The fourth-order valence-corrected chi connectivity index (χ4v) is 0.829. The number of halogens is 1. The summed E-state index contributed by atoms with van der Waals surface area (Å²) in [5, 5.41) is 9.70.